The molecule has 0 bridgehead atoms. The van der Waals surface area contributed by atoms with E-state index in [-0.39, 0.29) is 48.2 Å². The number of allylic oxidation sites excluding steroid dienone is 12. The van der Waals surface area contributed by atoms with Gasteiger partial charge in [0.1, 0.15) is 23.4 Å². The minimum atomic E-state index is -1.19. The van der Waals surface area contributed by atoms with Crippen LogP contribution in [0.5, 0.6) is 5.75 Å². The number of hydrogen-bond acceptors (Lipinski definition) is 5. The Balaban J connectivity index is 1.71. The molecule has 2 aromatic carbocycles. The van der Waals surface area contributed by atoms with Gasteiger partial charge >= 0.3 is 11.9 Å². The first-order valence-electron chi connectivity index (χ1n) is 17.6. The summed E-state index contributed by atoms with van der Waals surface area (Å²) in [7, 11) is 0. The summed E-state index contributed by atoms with van der Waals surface area (Å²) < 4.78 is 32.9. The average Bonchev–Trinajstić information content (AvgIpc) is 3.10. The van der Waals surface area contributed by atoms with E-state index < -0.39 is 41.4 Å². The smallest absolute Gasteiger partial charge is 0.326 e. The van der Waals surface area contributed by atoms with Gasteiger partial charge in [0.15, 0.2) is 0 Å². The Morgan fingerprint density at radius 1 is 0.788 bits per heavy atom. The molecule has 2 aromatic rings. The van der Waals surface area contributed by atoms with Gasteiger partial charge in [0.2, 0.25) is 5.91 Å². The van der Waals surface area contributed by atoms with Crippen LogP contribution in [-0.2, 0) is 14.4 Å². The van der Waals surface area contributed by atoms with Crippen LogP contribution in [0, 0.1) is 11.6 Å². The van der Waals surface area contributed by atoms with Crippen molar-refractivity contribution in [2.45, 2.75) is 84.1 Å². The number of rotatable bonds is 23. The topological polar surface area (TPSA) is 122 Å². The van der Waals surface area contributed by atoms with Crippen LogP contribution in [0.25, 0.3) is 11.1 Å². The van der Waals surface area contributed by atoms with Crippen molar-refractivity contribution in [3.05, 3.63) is 127 Å². The van der Waals surface area contributed by atoms with Crippen LogP contribution in [0.1, 0.15) is 88.4 Å². The molecule has 1 atom stereocenters. The quantitative estimate of drug-likeness (QED) is 0.0457. The van der Waals surface area contributed by atoms with Gasteiger partial charge < -0.3 is 20.5 Å². The molecule has 0 saturated carbocycles. The summed E-state index contributed by atoms with van der Waals surface area (Å²) in [6.07, 6.45) is 31.5. The van der Waals surface area contributed by atoms with Gasteiger partial charge in [-0.05, 0) is 87.6 Å². The van der Waals surface area contributed by atoms with Crippen LogP contribution >= 0.6 is 0 Å². The summed E-state index contributed by atoms with van der Waals surface area (Å²) in [5, 5.41) is 14.8. The second-order valence-electron chi connectivity index (χ2n) is 11.7. The van der Waals surface area contributed by atoms with E-state index in [2.05, 4.69) is 72.2 Å². The van der Waals surface area contributed by atoms with Gasteiger partial charge in [-0.1, -0.05) is 85.9 Å². The maximum Gasteiger partial charge on any atom is 0.326 e. The van der Waals surface area contributed by atoms with Crippen molar-refractivity contribution in [3.63, 3.8) is 0 Å². The lowest BCUT2D eigenvalue weighted by Crippen LogP contribution is -2.41. The van der Waals surface area contributed by atoms with Gasteiger partial charge in [-0.3, -0.25) is 14.4 Å². The molecule has 8 nitrogen and oxygen atoms in total. The van der Waals surface area contributed by atoms with Crippen molar-refractivity contribution in [3.8, 4) is 16.9 Å². The molecule has 2 amide bonds. The first-order valence-corrected chi connectivity index (χ1v) is 17.6. The highest BCUT2D eigenvalue weighted by molar-refractivity contribution is 5.99. The molecule has 0 aromatic heterocycles. The third-order valence-corrected chi connectivity index (χ3v) is 7.44. The zero-order chi connectivity index (χ0) is 38.0. The number of carboxylic acids is 1. The average molecular weight is 717 g/mol. The van der Waals surface area contributed by atoms with Crippen molar-refractivity contribution in [1.29, 1.82) is 0 Å². The Hall–Kier alpha value is -5.38. The van der Waals surface area contributed by atoms with Crippen molar-refractivity contribution >= 4 is 23.8 Å². The lowest BCUT2D eigenvalue weighted by molar-refractivity contribution is -0.142. The highest BCUT2D eigenvalue weighted by Gasteiger charge is 2.20. The Bertz CT molecular complexity index is 1640. The molecule has 0 heterocycles. The Morgan fingerprint density at radius 3 is 1.90 bits per heavy atom. The second-order valence-corrected chi connectivity index (χ2v) is 11.7. The molecular formula is C42H50F2N2O6. The van der Waals surface area contributed by atoms with Gasteiger partial charge in [-0.15, -0.1) is 0 Å². The maximum absolute atomic E-state index is 14.4. The number of ether oxygens (including phenoxy) is 1. The fraction of sp³-hybridized carbons (Fsp3) is 0.333. The Morgan fingerprint density at radius 2 is 1.37 bits per heavy atom. The number of nitrogens with one attached hydrogen (secondary N) is 2. The highest BCUT2D eigenvalue weighted by Crippen LogP contribution is 2.29. The zero-order valence-electron chi connectivity index (χ0n) is 30.0. The molecular weight excluding hydrogens is 666 g/mol. The van der Waals surface area contributed by atoms with Crippen LogP contribution in [0.3, 0.4) is 0 Å². The maximum atomic E-state index is 14.4. The largest absolute Gasteiger partial charge is 0.480 e. The summed E-state index contributed by atoms with van der Waals surface area (Å²) in [6.45, 7) is 3.34. The van der Waals surface area contributed by atoms with Crippen molar-refractivity contribution in [2.24, 2.45) is 0 Å². The van der Waals surface area contributed by atoms with E-state index in [9.17, 15) is 33.1 Å². The van der Waals surface area contributed by atoms with Gasteiger partial charge in [0.05, 0.1) is 5.56 Å². The number of aliphatic carboxylic acids is 1. The first-order chi connectivity index (χ1) is 25.1. The number of esters is 1. The minimum absolute atomic E-state index is 0.0469. The standard InChI is InChI=1S/C42H50F2N2O6/c1-3-4-5-6-7-8-9-10-11-12-13-14-15-16-17-18-19-20-21-24-40(48)46-38(42(50)51)23-22-29-45-41(49)36-30-33(25-28-39(36)52-32(2)47)35-27-26-34(43)31-37(35)44/h4-5,7-8,10-11,13-14,16-17,19-20,25-28,30-31,38H,3,6,9,12,15,18,21-24,29H2,1-2H3,(H,45,49)(H,46,48)(H,50,51)/b5-4-,8-7-,11-10-,14-13-,17-16-,20-19-. The van der Waals surface area contributed by atoms with E-state index in [4.69, 9.17) is 4.74 Å². The summed E-state index contributed by atoms with van der Waals surface area (Å²) in [5.41, 5.74) is 0.246. The molecule has 0 fully saturated rings. The number of hydrogen-bond donors (Lipinski definition) is 3. The van der Waals surface area contributed by atoms with Crippen LogP contribution in [0.4, 0.5) is 8.78 Å². The van der Waals surface area contributed by atoms with E-state index in [0.29, 0.717) is 6.42 Å². The summed E-state index contributed by atoms with van der Waals surface area (Å²) in [6, 6.07) is 5.99. The summed E-state index contributed by atoms with van der Waals surface area (Å²) >= 11 is 0. The van der Waals surface area contributed by atoms with Crippen LogP contribution in [0.15, 0.2) is 109 Å². The first kappa shape index (κ1) is 42.8. The second kappa shape index (κ2) is 25.6. The van der Waals surface area contributed by atoms with E-state index in [0.717, 1.165) is 50.7 Å². The molecule has 52 heavy (non-hydrogen) atoms. The van der Waals surface area contributed by atoms with Crippen LogP contribution < -0.4 is 15.4 Å². The molecule has 278 valence electrons. The molecule has 0 radical (unpaired) electrons. The molecule has 0 saturated heterocycles. The van der Waals surface area contributed by atoms with Crippen LogP contribution in [-0.4, -0.2) is 41.4 Å². The SMILES string of the molecule is CC/C=C\C/C=C\C/C=C\C/C=C\C/C=C\C/C=C\CCC(=O)NC(CCCNC(=O)c1cc(-c2ccc(F)cc2F)ccc1OC(C)=O)C(=O)O. The Kier molecular flexibility index (Phi) is 21.0. The van der Waals surface area contributed by atoms with Gasteiger partial charge in [0, 0.05) is 31.5 Å². The molecule has 2 rings (SSSR count). The molecule has 1 unspecified atom stereocenters. The normalized spacial score (nSPS) is 12.5. The zero-order valence-corrected chi connectivity index (χ0v) is 30.0. The Labute approximate surface area is 305 Å². The number of carboxylic acid groups (broad SMARTS) is 1. The highest BCUT2D eigenvalue weighted by atomic mass is 19.1. The molecule has 0 aliphatic heterocycles. The fourth-order valence-electron chi connectivity index (χ4n) is 4.82. The number of carbonyl (C=O) groups excluding carboxylic acids is 3. The number of amides is 2. The van der Waals surface area contributed by atoms with E-state index in [1.54, 1.807) is 0 Å². The van der Waals surface area contributed by atoms with E-state index in [1.807, 2.05) is 18.2 Å². The lowest BCUT2D eigenvalue weighted by Gasteiger charge is -2.15. The van der Waals surface area contributed by atoms with Gasteiger partial charge in [0.25, 0.3) is 5.91 Å². The number of halogens is 2. The van der Waals surface area contributed by atoms with Crippen molar-refractivity contribution in [2.75, 3.05) is 6.54 Å². The predicted octanol–water partition coefficient (Wildman–Crippen LogP) is 9.11. The molecule has 0 spiro atoms. The van der Waals surface area contributed by atoms with Gasteiger partial charge in [-0.2, -0.15) is 0 Å². The van der Waals surface area contributed by atoms with Crippen molar-refractivity contribution in [1.82, 2.24) is 10.6 Å². The number of carbonyl (C=O) groups is 4. The summed E-state index contributed by atoms with van der Waals surface area (Å²) in [4.78, 5) is 48.7. The lowest BCUT2D eigenvalue weighted by atomic mass is 10.0. The fourth-order valence-corrected chi connectivity index (χ4v) is 4.82. The monoisotopic (exact) mass is 716 g/mol. The molecule has 10 heteroatoms. The van der Waals surface area contributed by atoms with Gasteiger partial charge in [-0.25, -0.2) is 13.6 Å². The molecule has 3 N–H and O–H groups in total. The van der Waals surface area contributed by atoms with E-state index >= 15 is 0 Å². The predicted molar refractivity (Wildman–Crippen MR) is 202 cm³/mol. The van der Waals surface area contributed by atoms with E-state index in [1.165, 1.54) is 31.2 Å². The third kappa shape index (κ3) is 18.0. The molecule has 0 aliphatic carbocycles. The van der Waals surface area contributed by atoms with Crippen LogP contribution in [0.2, 0.25) is 0 Å². The molecule has 0 aliphatic rings. The minimum Gasteiger partial charge on any atom is -0.480 e. The number of benzene rings is 2. The third-order valence-electron chi connectivity index (χ3n) is 7.44. The summed E-state index contributed by atoms with van der Waals surface area (Å²) in [5.74, 6) is -4.55. The van der Waals surface area contributed by atoms with Crippen molar-refractivity contribution < 1.29 is 37.8 Å².